The fourth-order valence-corrected chi connectivity index (χ4v) is 3.52. The molecule has 2 aliphatic rings. The quantitative estimate of drug-likeness (QED) is 0.700. The summed E-state index contributed by atoms with van der Waals surface area (Å²) in [6.07, 6.45) is 3.57. The van der Waals surface area contributed by atoms with Gasteiger partial charge in [0.1, 0.15) is 0 Å². The van der Waals surface area contributed by atoms with E-state index in [1.165, 1.54) is 25.0 Å². The number of rotatable bonds is 6. The zero-order valence-corrected chi connectivity index (χ0v) is 16.0. The Bertz CT molecular complexity index is 951. The van der Waals surface area contributed by atoms with Gasteiger partial charge in [0.25, 0.3) is 0 Å². The van der Waals surface area contributed by atoms with Crippen molar-refractivity contribution in [1.29, 1.82) is 0 Å². The van der Waals surface area contributed by atoms with Crippen molar-refractivity contribution in [3.8, 4) is 0 Å². The van der Waals surface area contributed by atoms with E-state index in [4.69, 9.17) is 5.11 Å². The van der Waals surface area contributed by atoms with Crippen molar-refractivity contribution in [3.63, 3.8) is 0 Å². The molecular formula is C22H23N3O4. The van der Waals surface area contributed by atoms with Crippen LogP contribution in [0.25, 0.3) is 0 Å². The van der Waals surface area contributed by atoms with Crippen LogP contribution in [0.4, 0.5) is 16.2 Å². The number of carbonyl (C=O) groups is 3. The first kappa shape index (κ1) is 19.0. The van der Waals surface area contributed by atoms with E-state index in [1.807, 2.05) is 23.1 Å². The molecule has 2 aromatic carbocycles. The lowest BCUT2D eigenvalue weighted by Crippen LogP contribution is -2.36. The highest BCUT2D eigenvalue weighted by atomic mass is 16.4. The number of aryl methyl sites for hydroxylation is 1. The number of fused-ring (bicyclic) bond motifs is 1. The van der Waals surface area contributed by atoms with E-state index < -0.39 is 5.97 Å². The number of carboxylic acid groups (broad SMARTS) is 1. The van der Waals surface area contributed by atoms with Gasteiger partial charge in [0, 0.05) is 30.9 Å². The predicted octanol–water partition coefficient (Wildman–Crippen LogP) is 3.40. The summed E-state index contributed by atoms with van der Waals surface area (Å²) in [6, 6.07) is 11.7. The molecule has 7 heteroatoms. The SMILES string of the molecule is O=C(NCc1ccc(C(=O)O)cc1)Nc1ccc2c(c1)CCC(=O)N2CC1CC1. The minimum Gasteiger partial charge on any atom is -0.478 e. The highest BCUT2D eigenvalue weighted by molar-refractivity contribution is 5.97. The van der Waals surface area contributed by atoms with Gasteiger partial charge in [-0.15, -0.1) is 0 Å². The summed E-state index contributed by atoms with van der Waals surface area (Å²) in [7, 11) is 0. The summed E-state index contributed by atoms with van der Waals surface area (Å²) in [5.74, 6) is -0.179. The Morgan fingerprint density at radius 2 is 1.83 bits per heavy atom. The number of benzene rings is 2. The highest BCUT2D eigenvalue weighted by Gasteiger charge is 2.31. The third-order valence-corrected chi connectivity index (χ3v) is 5.33. The van der Waals surface area contributed by atoms with E-state index >= 15 is 0 Å². The number of aromatic carboxylic acids is 1. The van der Waals surface area contributed by atoms with Gasteiger partial charge >= 0.3 is 12.0 Å². The van der Waals surface area contributed by atoms with Gasteiger partial charge in [-0.25, -0.2) is 9.59 Å². The molecule has 1 heterocycles. The number of carbonyl (C=O) groups excluding carboxylic acids is 2. The topological polar surface area (TPSA) is 98.7 Å². The molecule has 29 heavy (non-hydrogen) atoms. The monoisotopic (exact) mass is 393 g/mol. The standard InChI is InChI=1S/C22H23N3O4/c26-20-10-7-17-11-18(8-9-19(17)25(20)13-15-1-2-15)24-22(29)23-12-14-3-5-16(6-4-14)21(27)28/h3-6,8-9,11,15H,1-2,7,10,12-13H2,(H,27,28)(H2,23,24,29). The lowest BCUT2D eigenvalue weighted by atomic mass is 10.00. The van der Waals surface area contributed by atoms with Crippen LogP contribution in [-0.2, 0) is 17.8 Å². The Morgan fingerprint density at radius 1 is 1.07 bits per heavy atom. The van der Waals surface area contributed by atoms with Crippen LogP contribution in [0.5, 0.6) is 0 Å². The van der Waals surface area contributed by atoms with Gasteiger partial charge in [-0.05, 0) is 66.6 Å². The maximum absolute atomic E-state index is 12.3. The van der Waals surface area contributed by atoms with Crippen molar-refractivity contribution in [2.24, 2.45) is 5.92 Å². The Balaban J connectivity index is 1.36. The zero-order chi connectivity index (χ0) is 20.4. The number of nitrogens with one attached hydrogen (secondary N) is 2. The molecule has 2 aromatic rings. The Kier molecular flexibility index (Phi) is 5.20. The van der Waals surface area contributed by atoms with E-state index in [-0.39, 0.29) is 17.5 Å². The molecule has 0 spiro atoms. The molecule has 3 N–H and O–H groups in total. The Morgan fingerprint density at radius 3 is 2.52 bits per heavy atom. The molecule has 3 amide bonds. The van der Waals surface area contributed by atoms with Crippen molar-refractivity contribution < 1.29 is 19.5 Å². The molecule has 1 aliphatic heterocycles. The minimum absolute atomic E-state index is 0.178. The lowest BCUT2D eigenvalue weighted by molar-refractivity contribution is -0.119. The largest absolute Gasteiger partial charge is 0.478 e. The van der Waals surface area contributed by atoms with Crippen molar-refractivity contribution in [3.05, 3.63) is 59.2 Å². The molecule has 4 rings (SSSR count). The van der Waals surface area contributed by atoms with E-state index in [9.17, 15) is 14.4 Å². The van der Waals surface area contributed by atoms with Crippen LogP contribution in [0.2, 0.25) is 0 Å². The van der Waals surface area contributed by atoms with E-state index in [0.717, 1.165) is 23.4 Å². The number of hydrogen-bond acceptors (Lipinski definition) is 3. The smallest absolute Gasteiger partial charge is 0.335 e. The van der Waals surface area contributed by atoms with Crippen LogP contribution < -0.4 is 15.5 Å². The Labute approximate surface area is 168 Å². The third kappa shape index (κ3) is 4.56. The molecule has 0 saturated heterocycles. The predicted molar refractivity (Wildman–Crippen MR) is 109 cm³/mol. The van der Waals surface area contributed by atoms with Crippen molar-refractivity contribution in [2.45, 2.75) is 32.2 Å². The highest BCUT2D eigenvalue weighted by Crippen LogP contribution is 2.36. The average Bonchev–Trinajstić information content (AvgIpc) is 3.53. The van der Waals surface area contributed by atoms with Gasteiger partial charge in [-0.3, -0.25) is 4.79 Å². The third-order valence-electron chi connectivity index (χ3n) is 5.33. The lowest BCUT2D eigenvalue weighted by Gasteiger charge is -2.30. The fraction of sp³-hybridized carbons (Fsp3) is 0.318. The number of anilines is 2. The summed E-state index contributed by atoms with van der Waals surface area (Å²) in [5, 5.41) is 14.5. The van der Waals surface area contributed by atoms with E-state index in [2.05, 4.69) is 10.6 Å². The maximum atomic E-state index is 12.3. The molecular weight excluding hydrogens is 370 g/mol. The molecule has 0 bridgehead atoms. The van der Waals surface area contributed by atoms with Crippen LogP contribution in [0.3, 0.4) is 0 Å². The van der Waals surface area contributed by atoms with Crippen molar-refractivity contribution >= 4 is 29.3 Å². The minimum atomic E-state index is -0.980. The first-order chi connectivity index (χ1) is 14.0. The van der Waals surface area contributed by atoms with Gasteiger partial charge < -0.3 is 20.6 Å². The second-order valence-electron chi connectivity index (χ2n) is 7.60. The van der Waals surface area contributed by atoms with Crippen molar-refractivity contribution in [2.75, 3.05) is 16.8 Å². The summed E-state index contributed by atoms with van der Waals surface area (Å²) in [5.41, 5.74) is 3.74. The molecule has 0 aromatic heterocycles. The second kappa shape index (κ2) is 7.95. The van der Waals surface area contributed by atoms with E-state index in [1.54, 1.807) is 12.1 Å². The van der Waals surface area contributed by atoms with Gasteiger partial charge in [0.05, 0.1) is 5.56 Å². The average molecular weight is 393 g/mol. The van der Waals surface area contributed by atoms with Crippen LogP contribution >= 0.6 is 0 Å². The second-order valence-corrected chi connectivity index (χ2v) is 7.60. The Hall–Kier alpha value is -3.35. The van der Waals surface area contributed by atoms with Gasteiger partial charge in [0.2, 0.25) is 5.91 Å². The van der Waals surface area contributed by atoms with Crippen LogP contribution in [0.15, 0.2) is 42.5 Å². The van der Waals surface area contributed by atoms with Gasteiger partial charge in [0.15, 0.2) is 0 Å². The number of amides is 3. The molecule has 0 unspecified atom stereocenters. The number of hydrogen-bond donors (Lipinski definition) is 3. The van der Waals surface area contributed by atoms with Gasteiger partial charge in [-0.2, -0.15) is 0 Å². The van der Waals surface area contributed by atoms with Gasteiger partial charge in [-0.1, -0.05) is 12.1 Å². The number of urea groups is 1. The first-order valence-corrected chi connectivity index (χ1v) is 9.80. The molecule has 1 saturated carbocycles. The molecule has 150 valence electrons. The number of nitrogens with zero attached hydrogens (tertiary/aromatic N) is 1. The van der Waals surface area contributed by atoms with Crippen molar-refractivity contribution in [1.82, 2.24) is 5.32 Å². The van der Waals surface area contributed by atoms with Crippen LogP contribution in [0.1, 0.15) is 40.7 Å². The molecule has 0 radical (unpaired) electrons. The van der Waals surface area contributed by atoms with Crippen LogP contribution in [-0.4, -0.2) is 29.6 Å². The summed E-state index contributed by atoms with van der Waals surface area (Å²) in [4.78, 5) is 37.3. The zero-order valence-electron chi connectivity index (χ0n) is 16.0. The summed E-state index contributed by atoms with van der Waals surface area (Å²) < 4.78 is 0. The molecule has 1 aliphatic carbocycles. The molecule has 7 nitrogen and oxygen atoms in total. The number of carboxylic acids is 1. The maximum Gasteiger partial charge on any atom is 0.335 e. The normalized spacial score (nSPS) is 15.6. The van der Waals surface area contributed by atoms with E-state index in [0.29, 0.717) is 31.0 Å². The van der Waals surface area contributed by atoms with Crippen LogP contribution in [0, 0.1) is 5.92 Å². The first-order valence-electron chi connectivity index (χ1n) is 9.80. The molecule has 0 atom stereocenters. The summed E-state index contributed by atoms with van der Waals surface area (Å²) >= 11 is 0. The fourth-order valence-electron chi connectivity index (χ4n) is 3.52. The molecule has 1 fully saturated rings. The summed E-state index contributed by atoms with van der Waals surface area (Å²) in [6.45, 7) is 1.08.